The fourth-order valence-corrected chi connectivity index (χ4v) is 6.09. The van der Waals surface area contributed by atoms with Crippen molar-refractivity contribution in [2.24, 2.45) is 0 Å². The third kappa shape index (κ3) is 6.11. The summed E-state index contributed by atoms with van der Waals surface area (Å²) >= 11 is 0. The number of amides is 1. The number of piperidine rings is 1. The molecular formula is C22H29N3O6S2. The molecule has 11 heteroatoms. The largest absolute Gasteiger partial charge is 0.484 e. The molecule has 0 unspecified atom stereocenters. The van der Waals surface area contributed by atoms with E-state index in [4.69, 9.17) is 4.74 Å². The van der Waals surface area contributed by atoms with Crippen LogP contribution in [0.4, 0.5) is 0 Å². The number of ether oxygens (including phenoxy) is 1. The number of nitrogens with zero attached hydrogens (tertiary/aromatic N) is 2. The van der Waals surface area contributed by atoms with Crippen molar-refractivity contribution in [2.45, 2.75) is 35.6 Å². The summed E-state index contributed by atoms with van der Waals surface area (Å²) in [5.41, 5.74) is 0.465. The van der Waals surface area contributed by atoms with E-state index in [1.54, 1.807) is 18.2 Å². The van der Waals surface area contributed by atoms with E-state index in [0.29, 0.717) is 24.4 Å². The van der Waals surface area contributed by atoms with Gasteiger partial charge in [-0.1, -0.05) is 24.6 Å². The summed E-state index contributed by atoms with van der Waals surface area (Å²) in [6, 6.07) is 12.4. The van der Waals surface area contributed by atoms with Crippen LogP contribution in [0.5, 0.6) is 5.75 Å². The standard InChI is InChI=1S/C22H29N3O6S2/c1-24(2)33(29,30)21-9-5-4-8-18(21)16-23-22(26)17-31-19-10-12-20(13-11-19)32(27,28)25-14-6-3-7-15-25/h4-5,8-13H,3,6-7,14-17H2,1-2H3,(H,23,26). The molecule has 0 aromatic heterocycles. The summed E-state index contributed by atoms with van der Waals surface area (Å²) in [5.74, 6) is -0.0737. The highest BCUT2D eigenvalue weighted by molar-refractivity contribution is 7.89. The Morgan fingerprint density at radius 3 is 2.24 bits per heavy atom. The molecular weight excluding hydrogens is 466 g/mol. The summed E-state index contributed by atoms with van der Waals surface area (Å²) < 4.78 is 58.4. The molecule has 1 fully saturated rings. The SMILES string of the molecule is CN(C)S(=O)(=O)c1ccccc1CNC(=O)COc1ccc(S(=O)(=O)N2CCCCC2)cc1. The maximum Gasteiger partial charge on any atom is 0.258 e. The van der Waals surface area contributed by atoms with E-state index in [9.17, 15) is 21.6 Å². The van der Waals surface area contributed by atoms with Crippen molar-refractivity contribution in [1.82, 2.24) is 13.9 Å². The summed E-state index contributed by atoms with van der Waals surface area (Å²) in [6.45, 7) is 0.790. The molecule has 1 heterocycles. The van der Waals surface area contributed by atoms with Crippen molar-refractivity contribution in [3.8, 4) is 5.75 Å². The number of hydrogen-bond acceptors (Lipinski definition) is 6. The first kappa shape index (κ1) is 25.2. The maximum atomic E-state index is 12.7. The van der Waals surface area contributed by atoms with Gasteiger partial charge in [0.1, 0.15) is 5.75 Å². The zero-order chi connectivity index (χ0) is 24.1. The molecule has 9 nitrogen and oxygen atoms in total. The smallest absolute Gasteiger partial charge is 0.258 e. The van der Waals surface area contributed by atoms with Crippen molar-refractivity contribution in [3.05, 3.63) is 54.1 Å². The van der Waals surface area contributed by atoms with Gasteiger partial charge in [-0.05, 0) is 48.7 Å². The van der Waals surface area contributed by atoms with Crippen LogP contribution in [-0.4, -0.2) is 65.1 Å². The number of sulfonamides is 2. The molecule has 3 rings (SSSR count). The van der Waals surface area contributed by atoms with Gasteiger partial charge in [-0.2, -0.15) is 4.31 Å². The first-order chi connectivity index (χ1) is 15.6. The molecule has 33 heavy (non-hydrogen) atoms. The summed E-state index contributed by atoms with van der Waals surface area (Å²) in [6.07, 6.45) is 2.76. The minimum atomic E-state index is -3.64. The number of nitrogens with one attached hydrogen (secondary N) is 1. The van der Waals surface area contributed by atoms with Gasteiger partial charge in [-0.25, -0.2) is 21.1 Å². The predicted octanol–water partition coefficient (Wildman–Crippen LogP) is 1.81. The second-order valence-electron chi connectivity index (χ2n) is 7.90. The van der Waals surface area contributed by atoms with E-state index in [2.05, 4.69) is 5.32 Å². The lowest BCUT2D eigenvalue weighted by molar-refractivity contribution is -0.123. The molecule has 2 aromatic carbocycles. The van der Waals surface area contributed by atoms with E-state index in [1.165, 1.54) is 48.7 Å². The second-order valence-corrected chi connectivity index (χ2v) is 12.0. The maximum absolute atomic E-state index is 12.7. The van der Waals surface area contributed by atoms with Gasteiger partial charge in [0.2, 0.25) is 20.0 Å². The topological polar surface area (TPSA) is 113 Å². The molecule has 1 saturated heterocycles. The average molecular weight is 496 g/mol. The Labute approximate surface area is 195 Å². The van der Waals surface area contributed by atoms with Crippen molar-refractivity contribution in [3.63, 3.8) is 0 Å². The van der Waals surface area contributed by atoms with E-state index >= 15 is 0 Å². The van der Waals surface area contributed by atoms with E-state index < -0.39 is 26.0 Å². The fourth-order valence-electron chi connectivity index (χ4n) is 3.45. The molecule has 1 aliphatic rings. The van der Waals surface area contributed by atoms with E-state index in [1.807, 2.05) is 0 Å². The molecule has 180 valence electrons. The van der Waals surface area contributed by atoms with Crippen LogP contribution in [0.1, 0.15) is 24.8 Å². The third-order valence-electron chi connectivity index (χ3n) is 5.35. The summed E-state index contributed by atoms with van der Waals surface area (Å²) in [4.78, 5) is 12.5. The van der Waals surface area contributed by atoms with Crippen LogP contribution in [0.2, 0.25) is 0 Å². The zero-order valence-electron chi connectivity index (χ0n) is 18.7. The Kier molecular flexibility index (Phi) is 8.11. The zero-order valence-corrected chi connectivity index (χ0v) is 20.4. The highest BCUT2D eigenvalue weighted by Gasteiger charge is 2.26. The predicted molar refractivity (Wildman–Crippen MR) is 124 cm³/mol. The molecule has 0 saturated carbocycles. The lowest BCUT2D eigenvalue weighted by atomic mass is 10.2. The molecule has 1 aliphatic heterocycles. The number of hydrogen-bond donors (Lipinski definition) is 1. The van der Waals surface area contributed by atoms with E-state index in [-0.39, 0.29) is 22.9 Å². The first-order valence-corrected chi connectivity index (χ1v) is 13.5. The average Bonchev–Trinajstić information content (AvgIpc) is 2.82. The van der Waals surface area contributed by atoms with Crippen LogP contribution in [0, 0.1) is 0 Å². The van der Waals surface area contributed by atoms with Gasteiger partial charge in [0.25, 0.3) is 5.91 Å². The second kappa shape index (κ2) is 10.6. The van der Waals surface area contributed by atoms with Crippen molar-refractivity contribution in [1.29, 1.82) is 0 Å². The Bertz CT molecular complexity index is 1170. The van der Waals surface area contributed by atoms with Gasteiger partial charge in [-0.3, -0.25) is 4.79 Å². The van der Waals surface area contributed by atoms with Crippen LogP contribution >= 0.6 is 0 Å². The number of carbonyl (C=O) groups excluding carboxylic acids is 1. The highest BCUT2D eigenvalue weighted by atomic mass is 32.2. The Morgan fingerprint density at radius 2 is 1.61 bits per heavy atom. The Balaban J connectivity index is 1.56. The van der Waals surface area contributed by atoms with Gasteiger partial charge >= 0.3 is 0 Å². The van der Waals surface area contributed by atoms with E-state index in [0.717, 1.165) is 23.6 Å². The number of carbonyl (C=O) groups is 1. The first-order valence-electron chi connectivity index (χ1n) is 10.6. The quantitative estimate of drug-likeness (QED) is 0.568. The minimum absolute atomic E-state index is 0.0262. The van der Waals surface area contributed by atoms with Crippen LogP contribution in [0.3, 0.4) is 0 Å². The minimum Gasteiger partial charge on any atom is -0.484 e. The number of benzene rings is 2. The van der Waals surface area contributed by atoms with Gasteiger partial charge in [0.05, 0.1) is 9.79 Å². The van der Waals surface area contributed by atoms with Crippen LogP contribution in [0.25, 0.3) is 0 Å². The van der Waals surface area contributed by atoms with Crippen LogP contribution in [0.15, 0.2) is 58.3 Å². The lowest BCUT2D eigenvalue weighted by Gasteiger charge is -2.25. The van der Waals surface area contributed by atoms with Crippen molar-refractivity contribution < 1.29 is 26.4 Å². The normalized spacial score (nSPS) is 15.4. The highest BCUT2D eigenvalue weighted by Crippen LogP contribution is 2.23. The monoisotopic (exact) mass is 495 g/mol. The molecule has 0 spiro atoms. The lowest BCUT2D eigenvalue weighted by Crippen LogP contribution is -2.35. The van der Waals surface area contributed by atoms with Crippen molar-refractivity contribution in [2.75, 3.05) is 33.8 Å². The molecule has 0 bridgehead atoms. The summed E-state index contributed by atoms with van der Waals surface area (Å²) in [7, 11) is -4.27. The van der Waals surface area contributed by atoms with Gasteiger partial charge in [0.15, 0.2) is 6.61 Å². The van der Waals surface area contributed by atoms with Gasteiger partial charge in [0, 0.05) is 33.7 Å². The molecule has 0 atom stereocenters. The van der Waals surface area contributed by atoms with Gasteiger partial charge in [-0.15, -0.1) is 0 Å². The molecule has 0 aliphatic carbocycles. The fraction of sp³-hybridized carbons (Fsp3) is 0.409. The molecule has 1 N–H and O–H groups in total. The van der Waals surface area contributed by atoms with Crippen LogP contribution in [-0.2, 0) is 31.4 Å². The number of rotatable bonds is 9. The molecule has 2 aromatic rings. The summed E-state index contributed by atoms with van der Waals surface area (Å²) in [5, 5.41) is 2.65. The van der Waals surface area contributed by atoms with Gasteiger partial charge < -0.3 is 10.1 Å². The van der Waals surface area contributed by atoms with Crippen LogP contribution < -0.4 is 10.1 Å². The van der Waals surface area contributed by atoms with Crippen molar-refractivity contribution >= 4 is 26.0 Å². The third-order valence-corrected chi connectivity index (χ3v) is 9.18. The molecule has 1 amide bonds. The Hall–Kier alpha value is -2.47. The molecule has 0 radical (unpaired) electrons. The Morgan fingerprint density at radius 1 is 0.970 bits per heavy atom.